The number of carbonyl (C=O) groups is 1. The molecule has 1 heterocycles. The van der Waals surface area contributed by atoms with E-state index in [0.717, 1.165) is 29.8 Å². The van der Waals surface area contributed by atoms with Gasteiger partial charge in [0.05, 0.1) is 17.3 Å². The number of nitrogens with zero attached hydrogens (tertiary/aromatic N) is 1. The number of ether oxygens (including phenoxy) is 1. The van der Waals surface area contributed by atoms with Crippen molar-refractivity contribution in [2.45, 2.75) is 48.1 Å². The Labute approximate surface area is 231 Å². The van der Waals surface area contributed by atoms with Gasteiger partial charge >= 0.3 is 0 Å². The monoisotopic (exact) mass is 569 g/mol. The second kappa shape index (κ2) is 12.1. The Morgan fingerprint density at radius 2 is 1.95 bits per heavy atom. The summed E-state index contributed by atoms with van der Waals surface area (Å²) in [5.41, 5.74) is -0.637. The van der Waals surface area contributed by atoms with Crippen molar-refractivity contribution in [1.29, 1.82) is 0 Å². The van der Waals surface area contributed by atoms with Crippen LogP contribution in [0.5, 0.6) is 0 Å². The minimum atomic E-state index is -0.870. The molecular weight excluding hydrogens is 536 g/mol. The lowest BCUT2D eigenvalue weighted by Crippen LogP contribution is -2.47. The second-order valence-corrected chi connectivity index (χ2v) is 12.8. The second-order valence-electron chi connectivity index (χ2n) is 10.4. The third-order valence-corrected chi connectivity index (χ3v) is 9.51. The van der Waals surface area contributed by atoms with Crippen molar-refractivity contribution < 1.29 is 18.3 Å². The van der Waals surface area contributed by atoms with Gasteiger partial charge in [0, 0.05) is 21.6 Å². The van der Waals surface area contributed by atoms with Gasteiger partial charge < -0.3 is 15.0 Å². The largest absolute Gasteiger partial charge is 0.378 e. The van der Waals surface area contributed by atoms with Gasteiger partial charge in [0.15, 0.2) is 0 Å². The summed E-state index contributed by atoms with van der Waals surface area (Å²) in [6.45, 7) is 5.43. The predicted molar refractivity (Wildman–Crippen MR) is 148 cm³/mol. The molecular formula is C27H34ClF2N3O2S2. The van der Waals surface area contributed by atoms with E-state index in [2.05, 4.69) is 21.9 Å². The molecule has 2 N–H and O–H groups in total. The molecule has 4 rings (SSSR count). The normalized spacial score (nSPS) is 25.5. The summed E-state index contributed by atoms with van der Waals surface area (Å²) in [6, 6.07) is 9.29. The maximum absolute atomic E-state index is 15.2. The van der Waals surface area contributed by atoms with E-state index in [1.165, 1.54) is 18.2 Å². The summed E-state index contributed by atoms with van der Waals surface area (Å²) in [7, 11) is 3.97. The molecule has 5 unspecified atom stereocenters. The number of carbonyl (C=O) groups excluding carboxylic acids is 1. The molecule has 2 fully saturated rings. The Kier molecular flexibility index (Phi) is 9.33. The first-order valence-electron chi connectivity index (χ1n) is 12.5. The zero-order valence-electron chi connectivity index (χ0n) is 21.5. The fourth-order valence-corrected chi connectivity index (χ4v) is 6.76. The number of hydrogen-bond acceptors (Lipinski definition) is 6. The Bertz CT molecular complexity index is 1080. The molecule has 2 aliphatic rings. The van der Waals surface area contributed by atoms with E-state index in [9.17, 15) is 9.18 Å². The molecule has 10 heteroatoms. The molecule has 0 bridgehead atoms. The van der Waals surface area contributed by atoms with Crippen LogP contribution in [0, 0.1) is 29.4 Å². The molecule has 2 aromatic rings. The van der Waals surface area contributed by atoms with Crippen LogP contribution in [-0.2, 0) is 9.53 Å². The summed E-state index contributed by atoms with van der Waals surface area (Å²) in [4.78, 5) is 16.4. The van der Waals surface area contributed by atoms with Gasteiger partial charge in [-0.1, -0.05) is 18.5 Å². The minimum absolute atomic E-state index is 0.0697. The fourth-order valence-electron chi connectivity index (χ4n) is 4.70. The van der Waals surface area contributed by atoms with Gasteiger partial charge in [0.25, 0.3) is 5.91 Å². The fraction of sp³-hybridized carbons (Fsp3) is 0.519. The first kappa shape index (κ1) is 28.5. The Hall–Kier alpha value is -1.52. The van der Waals surface area contributed by atoms with Crippen molar-refractivity contribution in [3.05, 3.63) is 53.1 Å². The van der Waals surface area contributed by atoms with Gasteiger partial charge in [-0.05, 0) is 107 Å². The molecule has 0 aromatic heterocycles. The van der Waals surface area contributed by atoms with Crippen LogP contribution in [0.25, 0.3) is 0 Å². The quantitative estimate of drug-likeness (QED) is 0.244. The highest BCUT2D eigenvalue weighted by Gasteiger charge is 2.56. The number of thioether (sulfide) groups is 1. The van der Waals surface area contributed by atoms with Gasteiger partial charge in [-0.15, -0.1) is 11.8 Å². The highest BCUT2D eigenvalue weighted by molar-refractivity contribution is 7.99. The Morgan fingerprint density at radius 3 is 2.59 bits per heavy atom. The van der Waals surface area contributed by atoms with Crippen molar-refractivity contribution >= 4 is 46.9 Å². The Morgan fingerprint density at radius 1 is 1.22 bits per heavy atom. The molecule has 37 heavy (non-hydrogen) atoms. The lowest BCUT2D eigenvalue weighted by atomic mass is 9.95. The number of fused-ring (bicyclic) bond motifs is 1. The molecule has 1 aliphatic carbocycles. The topological polar surface area (TPSA) is 53.6 Å². The summed E-state index contributed by atoms with van der Waals surface area (Å²) in [5, 5.41) is 3.51. The number of anilines is 1. The standard InChI is InChI=1S/C27H34ClF2N3O2S2/c1-16-21-13-27(2,35-14-22(16)21)26(34)32-37-20-11-23(28)25(24(30)12-20)31-18(9-10-33(3)4)15-36-19-7-5-17(29)6-8-19/h5-8,11-12,16,18,21-22,31H,9-10,13-15H2,1-4H3,(H,32,34). The number of nitrogens with one attached hydrogen (secondary N) is 2. The predicted octanol–water partition coefficient (Wildman–Crippen LogP) is 6.33. The molecule has 0 spiro atoms. The number of benzene rings is 2. The van der Waals surface area contributed by atoms with E-state index in [1.807, 2.05) is 21.0 Å². The molecule has 1 saturated carbocycles. The van der Waals surface area contributed by atoms with E-state index in [-0.39, 0.29) is 28.5 Å². The van der Waals surface area contributed by atoms with Crippen LogP contribution in [0.1, 0.15) is 26.7 Å². The maximum Gasteiger partial charge on any atom is 0.262 e. The maximum atomic E-state index is 15.2. The number of halogens is 3. The molecule has 202 valence electrons. The highest BCUT2D eigenvalue weighted by Crippen LogP contribution is 2.54. The molecule has 1 saturated heterocycles. The summed E-state index contributed by atoms with van der Waals surface area (Å²) >= 11 is 9.11. The third kappa shape index (κ3) is 7.32. The van der Waals surface area contributed by atoms with Crippen molar-refractivity contribution in [3.63, 3.8) is 0 Å². The van der Waals surface area contributed by atoms with Crippen LogP contribution in [0.15, 0.2) is 46.2 Å². The van der Waals surface area contributed by atoms with Gasteiger partial charge in [0.2, 0.25) is 0 Å². The number of hydrogen-bond donors (Lipinski definition) is 2. The first-order valence-corrected chi connectivity index (χ1v) is 14.6. The van der Waals surface area contributed by atoms with Crippen LogP contribution in [0.4, 0.5) is 14.5 Å². The average molecular weight is 570 g/mol. The zero-order valence-corrected chi connectivity index (χ0v) is 23.9. The van der Waals surface area contributed by atoms with E-state index in [1.54, 1.807) is 30.0 Å². The molecule has 1 amide bonds. The van der Waals surface area contributed by atoms with Gasteiger partial charge in [-0.25, -0.2) is 8.78 Å². The molecule has 1 aliphatic heterocycles. The lowest BCUT2D eigenvalue weighted by Gasteiger charge is -2.31. The summed E-state index contributed by atoms with van der Waals surface area (Å²) < 4.78 is 37.1. The van der Waals surface area contributed by atoms with E-state index < -0.39 is 11.4 Å². The molecule has 5 nitrogen and oxygen atoms in total. The van der Waals surface area contributed by atoms with Crippen LogP contribution >= 0.6 is 35.3 Å². The Balaban J connectivity index is 1.37. The average Bonchev–Trinajstić information content (AvgIpc) is 3.49. The highest BCUT2D eigenvalue weighted by atomic mass is 35.5. The van der Waals surface area contributed by atoms with Crippen molar-refractivity contribution in [2.75, 3.05) is 38.3 Å². The minimum Gasteiger partial charge on any atom is -0.378 e. The van der Waals surface area contributed by atoms with Crippen LogP contribution in [0.3, 0.4) is 0 Å². The zero-order chi connectivity index (χ0) is 26.7. The van der Waals surface area contributed by atoms with Crippen molar-refractivity contribution in [1.82, 2.24) is 9.62 Å². The van der Waals surface area contributed by atoms with Gasteiger partial charge in [0.1, 0.15) is 17.2 Å². The summed E-state index contributed by atoms with van der Waals surface area (Å²) in [6.07, 6.45) is 1.47. The van der Waals surface area contributed by atoms with E-state index in [0.29, 0.717) is 41.4 Å². The SMILES string of the molecule is CC1C2COC(C)(C(=O)NSc3cc(F)c(NC(CCN(C)C)CSc4ccc(F)cc4)c(Cl)c3)CC12. The molecule has 5 atom stereocenters. The smallest absolute Gasteiger partial charge is 0.262 e. The lowest BCUT2D eigenvalue weighted by molar-refractivity contribution is -0.149. The number of amides is 1. The van der Waals surface area contributed by atoms with Crippen molar-refractivity contribution in [3.8, 4) is 0 Å². The first-order chi connectivity index (χ1) is 17.6. The van der Waals surface area contributed by atoms with Crippen LogP contribution in [0.2, 0.25) is 5.02 Å². The van der Waals surface area contributed by atoms with E-state index in [4.69, 9.17) is 16.3 Å². The van der Waals surface area contributed by atoms with Crippen LogP contribution < -0.4 is 10.0 Å². The molecule has 2 aromatic carbocycles. The van der Waals surface area contributed by atoms with Gasteiger partial charge in [-0.3, -0.25) is 9.52 Å². The van der Waals surface area contributed by atoms with E-state index >= 15 is 4.39 Å². The van der Waals surface area contributed by atoms with Crippen LogP contribution in [-0.4, -0.2) is 55.4 Å². The number of rotatable bonds is 11. The van der Waals surface area contributed by atoms with Crippen molar-refractivity contribution in [2.24, 2.45) is 17.8 Å². The third-order valence-electron chi connectivity index (χ3n) is 7.27. The summed E-state index contributed by atoms with van der Waals surface area (Å²) in [5.74, 6) is 1.38. The molecule has 0 radical (unpaired) electrons. The van der Waals surface area contributed by atoms with Gasteiger partial charge in [-0.2, -0.15) is 0 Å².